The van der Waals surface area contributed by atoms with Crippen molar-refractivity contribution >= 4 is 50.6 Å². The molecule has 5 heteroatoms. The van der Waals surface area contributed by atoms with Crippen LogP contribution in [0.1, 0.15) is 0 Å². The van der Waals surface area contributed by atoms with E-state index in [1.54, 1.807) is 6.07 Å². The average molecular weight is 219 g/mol. The topological polar surface area (TPSA) is 38.9 Å². The van der Waals surface area contributed by atoms with Crippen LogP contribution in [0.15, 0.2) is 12.1 Å². The van der Waals surface area contributed by atoms with Gasteiger partial charge in [0.2, 0.25) is 0 Å². The minimum atomic E-state index is 0.474. The average Bonchev–Trinajstić information content (AvgIpc) is 2.41. The fourth-order valence-electron chi connectivity index (χ4n) is 0.972. The second-order valence-corrected chi connectivity index (χ2v) is 3.89. The van der Waals surface area contributed by atoms with E-state index in [1.165, 1.54) is 11.5 Å². The number of nitrogen functional groups attached to an aromatic ring is 1. The second kappa shape index (κ2) is 2.76. The van der Waals surface area contributed by atoms with E-state index >= 15 is 0 Å². The number of nitrogens with zero attached hydrogens (tertiary/aromatic N) is 1. The standard InChI is InChI=1S/C7H4Cl2N2S/c8-4-2-1-3-6(5(4)9)11-12-7(3)10/h1-2H,10H2. The summed E-state index contributed by atoms with van der Waals surface area (Å²) in [6.07, 6.45) is 0. The minimum absolute atomic E-state index is 0.474. The largest absolute Gasteiger partial charge is 0.389 e. The number of fused-ring (bicyclic) bond motifs is 1. The van der Waals surface area contributed by atoms with Gasteiger partial charge in [-0.05, 0) is 23.7 Å². The SMILES string of the molecule is Nc1snc2c(Cl)c(Cl)ccc12. The van der Waals surface area contributed by atoms with Gasteiger partial charge in [0.1, 0.15) is 10.5 Å². The van der Waals surface area contributed by atoms with Gasteiger partial charge >= 0.3 is 0 Å². The Morgan fingerprint density at radius 3 is 2.83 bits per heavy atom. The molecule has 1 aromatic carbocycles. The summed E-state index contributed by atoms with van der Waals surface area (Å²) in [6.45, 7) is 0. The molecule has 62 valence electrons. The van der Waals surface area contributed by atoms with Gasteiger partial charge in [0.15, 0.2) is 0 Å². The highest BCUT2D eigenvalue weighted by atomic mass is 35.5. The first-order valence-corrected chi connectivity index (χ1v) is 4.72. The van der Waals surface area contributed by atoms with Gasteiger partial charge in [0.05, 0.1) is 10.0 Å². The van der Waals surface area contributed by atoms with Crippen molar-refractivity contribution in [2.75, 3.05) is 5.73 Å². The van der Waals surface area contributed by atoms with E-state index in [0.29, 0.717) is 20.6 Å². The van der Waals surface area contributed by atoms with Crippen LogP contribution >= 0.6 is 34.7 Å². The van der Waals surface area contributed by atoms with Gasteiger partial charge in [-0.3, -0.25) is 0 Å². The lowest BCUT2D eigenvalue weighted by molar-refractivity contribution is 1.66. The summed E-state index contributed by atoms with van der Waals surface area (Å²) in [5, 5.41) is 2.52. The molecule has 2 aromatic rings. The third-order valence-corrected chi connectivity index (χ3v) is 3.05. The van der Waals surface area contributed by atoms with E-state index in [-0.39, 0.29) is 0 Å². The van der Waals surface area contributed by atoms with Crippen LogP contribution in [0.2, 0.25) is 10.0 Å². The monoisotopic (exact) mass is 218 g/mol. The molecular weight excluding hydrogens is 215 g/mol. The Morgan fingerprint density at radius 1 is 1.33 bits per heavy atom. The number of hydrogen-bond acceptors (Lipinski definition) is 3. The van der Waals surface area contributed by atoms with Crippen molar-refractivity contribution < 1.29 is 0 Å². The molecule has 2 N–H and O–H groups in total. The van der Waals surface area contributed by atoms with Gasteiger partial charge in [-0.1, -0.05) is 23.2 Å². The van der Waals surface area contributed by atoms with Crippen LogP contribution in [0, 0.1) is 0 Å². The number of aromatic nitrogens is 1. The van der Waals surface area contributed by atoms with Crippen molar-refractivity contribution in [1.82, 2.24) is 4.37 Å². The number of hydrogen-bond donors (Lipinski definition) is 1. The highest BCUT2D eigenvalue weighted by Crippen LogP contribution is 2.34. The van der Waals surface area contributed by atoms with Crippen LogP contribution in [-0.2, 0) is 0 Å². The molecule has 2 rings (SSSR count). The second-order valence-electron chi connectivity index (χ2n) is 2.30. The quantitative estimate of drug-likeness (QED) is 0.738. The van der Waals surface area contributed by atoms with Gasteiger partial charge < -0.3 is 5.73 Å². The van der Waals surface area contributed by atoms with Crippen molar-refractivity contribution in [3.05, 3.63) is 22.2 Å². The number of nitrogens with two attached hydrogens (primary N) is 1. The fraction of sp³-hybridized carbons (Fsp3) is 0. The molecule has 0 saturated heterocycles. The first-order valence-electron chi connectivity index (χ1n) is 3.19. The van der Waals surface area contributed by atoms with E-state index in [9.17, 15) is 0 Å². The Morgan fingerprint density at radius 2 is 2.08 bits per heavy atom. The molecule has 0 saturated carbocycles. The molecule has 0 radical (unpaired) electrons. The van der Waals surface area contributed by atoms with Crippen LogP contribution in [0.5, 0.6) is 0 Å². The molecule has 1 heterocycles. The Labute approximate surface area is 83.1 Å². The fourth-order valence-corrected chi connectivity index (χ4v) is 2.02. The van der Waals surface area contributed by atoms with E-state index in [4.69, 9.17) is 28.9 Å². The highest BCUT2D eigenvalue weighted by molar-refractivity contribution is 7.11. The van der Waals surface area contributed by atoms with Crippen molar-refractivity contribution in [2.24, 2.45) is 0 Å². The maximum absolute atomic E-state index is 5.90. The van der Waals surface area contributed by atoms with Crippen LogP contribution in [0.3, 0.4) is 0 Å². The predicted molar refractivity (Wildman–Crippen MR) is 54.1 cm³/mol. The minimum Gasteiger partial charge on any atom is -0.389 e. The van der Waals surface area contributed by atoms with Crippen LogP contribution < -0.4 is 5.73 Å². The zero-order valence-electron chi connectivity index (χ0n) is 5.84. The third-order valence-electron chi connectivity index (χ3n) is 1.57. The summed E-state index contributed by atoms with van der Waals surface area (Å²) in [7, 11) is 0. The molecule has 2 nitrogen and oxygen atoms in total. The summed E-state index contributed by atoms with van der Waals surface area (Å²) in [4.78, 5) is 0. The van der Waals surface area contributed by atoms with E-state index in [1.807, 2.05) is 6.07 Å². The molecule has 0 aliphatic carbocycles. The molecule has 0 aliphatic heterocycles. The normalized spacial score (nSPS) is 10.8. The first-order chi connectivity index (χ1) is 5.70. The molecule has 0 fully saturated rings. The van der Waals surface area contributed by atoms with Crippen LogP contribution in [0.25, 0.3) is 10.9 Å². The zero-order valence-corrected chi connectivity index (χ0v) is 8.17. The summed E-state index contributed by atoms with van der Waals surface area (Å²) >= 11 is 12.9. The molecule has 0 unspecified atom stereocenters. The van der Waals surface area contributed by atoms with E-state index < -0.39 is 0 Å². The maximum atomic E-state index is 5.90. The lowest BCUT2D eigenvalue weighted by Crippen LogP contribution is -1.78. The molecule has 0 aliphatic rings. The number of anilines is 1. The third kappa shape index (κ3) is 1.05. The zero-order chi connectivity index (χ0) is 8.72. The van der Waals surface area contributed by atoms with Gasteiger partial charge in [-0.25, -0.2) is 0 Å². The number of benzene rings is 1. The summed E-state index contributed by atoms with van der Waals surface area (Å²) in [6, 6.07) is 3.54. The molecule has 12 heavy (non-hydrogen) atoms. The predicted octanol–water partition coefficient (Wildman–Crippen LogP) is 3.19. The lowest BCUT2D eigenvalue weighted by atomic mass is 10.2. The highest BCUT2D eigenvalue weighted by Gasteiger charge is 2.08. The Kier molecular flexibility index (Phi) is 1.87. The molecule has 0 atom stereocenters. The Bertz CT molecular complexity index is 438. The van der Waals surface area contributed by atoms with Crippen molar-refractivity contribution in [3.63, 3.8) is 0 Å². The Hall–Kier alpha value is -0.510. The lowest BCUT2D eigenvalue weighted by Gasteiger charge is -1.94. The molecule has 0 bridgehead atoms. The molecular formula is C7H4Cl2N2S. The van der Waals surface area contributed by atoms with Crippen LogP contribution in [-0.4, -0.2) is 4.37 Å². The summed E-state index contributed by atoms with van der Waals surface area (Å²) < 4.78 is 4.08. The van der Waals surface area contributed by atoms with Crippen molar-refractivity contribution in [2.45, 2.75) is 0 Å². The van der Waals surface area contributed by atoms with E-state index in [2.05, 4.69) is 4.37 Å². The molecule has 0 amide bonds. The summed E-state index contributed by atoms with van der Waals surface area (Å²) in [5.74, 6) is 0. The summed E-state index contributed by atoms with van der Waals surface area (Å²) in [5.41, 5.74) is 6.34. The molecule has 0 spiro atoms. The van der Waals surface area contributed by atoms with Crippen LogP contribution in [0.4, 0.5) is 5.00 Å². The van der Waals surface area contributed by atoms with Crippen molar-refractivity contribution in [3.8, 4) is 0 Å². The van der Waals surface area contributed by atoms with Gasteiger partial charge in [-0.2, -0.15) is 4.37 Å². The Balaban J connectivity index is 2.93. The molecule has 1 aromatic heterocycles. The van der Waals surface area contributed by atoms with Gasteiger partial charge in [-0.15, -0.1) is 0 Å². The smallest absolute Gasteiger partial charge is 0.114 e. The number of rotatable bonds is 0. The first kappa shape index (κ1) is 8.10. The van der Waals surface area contributed by atoms with Crippen molar-refractivity contribution in [1.29, 1.82) is 0 Å². The van der Waals surface area contributed by atoms with Gasteiger partial charge in [0, 0.05) is 5.39 Å². The van der Waals surface area contributed by atoms with Gasteiger partial charge in [0.25, 0.3) is 0 Å². The maximum Gasteiger partial charge on any atom is 0.114 e. The number of halogens is 2. The van der Waals surface area contributed by atoms with E-state index in [0.717, 1.165) is 5.39 Å².